The van der Waals surface area contributed by atoms with E-state index < -0.39 is 0 Å². The Morgan fingerprint density at radius 1 is 1.25 bits per heavy atom. The number of anilines is 1. The summed E-state index contributed by atoms with van der Waals surface area (Å²) in [6.07, 6.45) is 3.37. The third-order valence-corrected chi connectivity index (χ3v) is 5.05. The lowest BCUT2D eigenvalue weighted by Gasteiger charge is -2.19. The smallest absolute Gasteiger partial charge is 0.255 e. The Bertz CT molecular complexity index is 836. The highest BCUT2D eigenvalue weighted by molar-refractivity contribution is 5.74. The normalized spacial score (nSPS) is 24.6. The first-order valence-electron chi connectivity index (χ1n) is 8.05. The maximum atomic E-state index is 12.2. The second-order valence-corrected chi connectivity index (χ2v) is 6.52. The van der Waals surface area contributed by atoms with Crippen LogP contribution in [0.3, 0.4) is 0 Å². The van der Waals surface area contributed by atoms with Crippen molar-refractivity contribution in [3.63, 3.8) is 0 Å². The molecule has 1 amide bonds. The first-order chi connectivity index (χ1) is 11.5. The molecular weight excluding hydrogens is 306 g/mol. The molecule has 0 bridgehead atoms. The van der Waals surface area contributed by atoms with Crippen molar-refractivity contribution in [1.82, 2.24) is 19.4 Å². The second kappa shape index (κ2) is 5.43. The maximum Gasteiger partial charge on any atom is 0.255 e. The molecule has 2 aliphatic rings. The zero-order chi connectivity index (χ0) is 16.8. The molecule has 7 heteroatoms. The quantitative estimate of drug-likeness (QED) is 0.900. The largest absolute Gasteiger partial charge is 0.352 e. The number of likely N-dealkylation sites (tertiary alicyclic amines) is 1. The molecule has 1 N–H and O–H groups in total. The van der Waals surface area contributed by atoms with Gasteiger partial charge in [0.15, 0.2) is 0 Å². The van der Waals surface area contributed by atoms with Gasteiger partial charge in [0.2, 0.25) is 11.9 Å². The van der Waals surface area contributed by atoms with Crippen molar-refractivity contribution in [3.8, 4) is 11.3 Å². The highest BCUT2D eigenvalue weighted by Gasteiger charge is 2.56. The number of piperidine rings is 1. The summed E-state index contributed by atoms with van der Waals surface area (Å²) < 4.78 is 1.53. The van der Waals surface area contributed by atoms with E-state index in [1.54, 1.807) is 26.4 Å². The van der Waals surface area contributed by atoms with Crippen LogP contribution in [0.2, 0.25) is 0 Å². The van der Waals surface area contributed by atoms with Gasteiger partial charge in [0.1, 0.15) is 0 Å². The molecular formula is C17H19N5O2. The predicted molar refractivity (Wildman–Crippen MR) is 89.4 cm³/mol. The molecule has 1 aliphatic heterocycles. The number of carbonyl (C=O) groups excluding carboxylic acids is 1. The van der Waals surface area contributed by atoms with Crippen LogP contribution in [-0.4, -0.2) is 44.5 Å². The Kier molecular flexibility index (Phi) is 3.37. The Labute approximate surface area is 139 Å². The first-order valence-corrected chi connectivity index (χ1v) is 8.05. The van der Waals surface area contributed by atoms with Crippen LogP contribution in [0.5, 0.6) is 0 Å². The van der Waals surface area contributed by atoms with Crippen molar-refractivity contribution in [2.24, 2.45) is 18.9 Å². The summed E-state index contributed by atoms with van der Waals surface area (Å²) in [5.74, 6) is 1.61. The summed E-state index contributed by atoms with van der Waals surface area (Å²) in [6, 6.07) is 5.49. The van der Waals surface area contributed by atoms with Crippen molar-refractivity contribution in [1.29, 1.82) is 0 Å². The van der Waals surface area contributed by atoms with Crippen molar-refractivity contribution in [2.75, 3.05) is 18.4 Å². The van der Waals surface area contributed by atoms with Gasteiger partial charge in [-0.1, -0.05) is 0 Å². The summed E-state index contributed by atoms with van der Waals surface area (Å²) in [5.41, 5.74) is 1.40. The molecule has 1 saturated carbocycles. The number of carbonyl (C=O) groups is 1. The highest BCUT2D eigenvalue weighted by atomic mass is 16.2. The summed E-state index contributed by atoms with van der Waals surface area (Å²) in [6.45, 7) is 3.18. The predicted octanol–water partition coefficient (Wildman–Crippen LogP) is 0.731. The van der Waals surface area contributed by atoms with E-state index in [9.17, 15) is 9.59 Å². The average Bonchev–Trinajstić information content (AvgIpc) is 3.02. The lowest BCUT2D eigenvalue weighted by Crippen LogP contribution is -2.32. The summed E-state index contributed by atoms with van der Waals surface area (Å²) in [5, 5.41) is 3.39. The van der Waals surface area contributed by atoms with E-state index in [1.165, 1.54) is 10.6 Å². The number of amides is 1. The Hall–Kier alpha value is -2.70. The lowest BCUT2D eigenvalue weighted by atomic mass is 10.2. The van der Waals surface area contributed by atoms with E-state index in [0.717, 1.165) is 18.7 Å². The number of fused-ring (bicyclic) bond motifs is 1. The molecule has 0 radical (unpaired) electrons. The van der Waals surface area contributed by atoms with Crippen molar-refractivity contribution in [3.05, 3.63) is 40.9 Å². The van der Waals surface area contributed by atoms with Crippen LogP contribution in [0.15, 0.2) is 35.4 Å². The monoisotopic (exact) mass is 325 g/mol. The summed E-state index contributed by atoms with van der Waals surface area (Å²) >= 11 is 0. The number of nitrogens with zero attached hydrogens (tertiary/aromatic N) is 4. The molecule has 24 heavy (non-hydrogen) atoms. The number of aromatic nitrogens is 3. The number of nitrogens with one attached hydrogen (secondary N) is 1. The zero-order valence-electron chi connectivity index (χ0n) is 13.6. The Morgan fingerprint density at radius 3 is 2.54 bits per heavy atom. The van der Waals surface area contributed by atoms with Gasteiger partial charge in [-0.2, -0.15) is 0 Å². The van der Waals surface area contributed by atoms with E-state index in [2.05, 4.69) is 15.3 Å². The molecule has 1 saturated heterocycles. The van der Waals surface area contributed by atoms with E-state index >= 15 is 0 Å². The fraction of sp³-hybridized carbons (Fsp3) is 0.412. The molecule has 1 aliphatic carbocycles. The Balaban J connectivity index is 1.56. The number of rotatable bonds is 3. The maximum absolute atomic E-state index is 12.2. The molecule has 0 aromatic carbocycles. The van der Waals surface area contributed by atoms with E-state index in [-0.39, 0.29) is 17.5 Å². The number of pyridine rings is 1. The van der Waals surface area contributed by atoms with Crippen molar-refractivity contribution >= 4 is 11.9 Å². The second-order valence-electron chi connectivity index (χ2n) is 6.52. The van der Waals surface area contributed by atoms with Gasteiger partial charge in [0.05, 0.1) is 5.69 Å². The van der Waals surface area contributed by atoms with Gasteiger partial charge in [0.25, 0.3) is 5.56 Å². The van der Waals surface area contributed by atoms with Gasteiger partial charge in [-0.15, -0.1) is 0 Å². The third-order valence-electron chi connectivity index (χ3n) is 5.05. The van der Waals surface area contributed by atoms with Crippen LogP contribution in [0.1, 0.15) is 6.92 Å². The standard InChI is InChI=1S/C17H19N5O2/c1-10(23)22-8-12-13(9-22)16(12)20-17-19-14(7-15(24)21(17)2)11-3-5-18-6-4-11/h3-7,12-13,16H,8-9H2,1-2H3,(H,19,20)/t12-,13+,16+. The third kappa shape index (κ3) is 2.46. The van der Waals surface area contributed by atoms with Gasteiger partial charge in [-0.05, 0) is 12.1 Å². The molecule has 2 aromatic heterocycles. The highest BCUT2D eigenvalue weighted by Crippen LogP contribution is 2.46. The van der Waals surface area contributed by atoms with Gasteiger partial charge in [-0.25, -0.2) is 4.98 Å². The average molecular weight is 325 g/mol. The van der Waals surface area contributed by atoms with E-state index in [0.29, 0.717) is 23.5 Å². The fourth-order valence-electron chi connectivity index (χ4n) is 3.49. The molecule has 2 aromatic rings. The van der Waals surface area contributed by atoms with Crippen molar-refractivity contribution in [2.45, 2.75) is 13.0 Å². The number of hydrogen-bond donors (Lipinski definition) is 1. The van der Waals surface area contributed by atoms with Gasteiger partial charge in [-0.3, -0.25) is 19.1 Å². The van der Waals surface area contributed by atoms with Gasteiger partial charge in [0, 0.05) is 69.0 Å². The summed E-state index contributed by atoms with van der Waals surface area (Å²) in [7, 11) is 1.72. The van der Waals surface area contributed by atoms with Gasteiger partial charge < -0.3 is 10.2 Å². The van der Waals surface area contributed by atoms with Crippen LogP contribution < -0.4 is 10.9 Å². The fourth-order valence-corrected chi connectivity index (χ4v) is 3.49. The minimum absolute atomic E-state index is 0.101. The Morgan fingerprint density at radius 2 is 1.92 bits per heavy atom. The zero-order valence-corrected chi connectivity index (χ0v) is 13.6. The number of hydrogen-bond acceptors (Lipinski definition) is 5. The first kappa shape index (κ1) is 14.9. The summed E-state index contributed by atoms with van der Waals surface area (Å²) in [4.78, 5) is 34.1. The molecule has 0 unspecified atom stereocenters. The molecule has 7 nitrogen and oxygen atoms in total. The van der Waals surface area contributed by atoms with Crippen molar-refractivity contribution < 1.29 is 4.79 Å². The van der Waals surface area contributed by atoms with Crippen LogP contribution in [-0.2, 0) is 11.8 Å². The van der Waals surface area contributed by atoms with Crippen LogP contribution in [0.4, 0.5) is 5.95 Å². The molecule has 3 atom stereocenters. The van der Waals surface area contributed by atoms with Crippen LogP contribution >= 0.6 is 0 Å². The van der Waals surface area contributed by atoms with Crippen LogP contribution in [0, 0.1) is 11.8 Å². The minimum Gasteiger partial charge on any atom is -0.352 e. The SMILES string of the molecule is CC(=O)N1C[C@@H]2[C@H](C1)[C@H]2Nc1nc(-c2ccncc2)cc(=O)n1C. The minimum atomic E-state index is -0.101. The molecule has 124 valence electrons. The van der Waals surface area contributed by atoms with Crippen LogP contribution in [0.25, 0.3) is 11.3 Å². The lowest BCUT2D eigenvalue weighted by molar-refractivity contribution is -0.128. The van der Waals surface area contributed by atoms with Gasteiger partial charge >= 0.3 is 0 Å². The molecule has 3 heterocycles. The topological polar surface area (TPSA) is 80.1 Å². The van der Waals surface area contributed by atoms with E-state index in [4.69, 9.17) is 0 Å². The molecule has 0 spiro atoms. The molecule has 2 fully saturated rings. The van der Waals surface area contributed by atoms with E-state index in [1.807, 2.05) is 17.0 Å². The molecule has 4 rings (SSSR count).